The first-order valence-electron chi connectivity index (χ1n) is 6.93. The first-order valence-corrected chi connectivity index (χ1v) is 6.93. The molecule has 2 rings (SSSR count). The van der Waals surface area contributed by atoms with Gasteiger partial charge in [-0.25, -0.2) is 0 Å². The average Bonchev–Trinajstić information content (AvgIpc) is 2.44. The Morgan fingerprint density at radius 1 is 1.30 bits per heavy atom. The van der Waals surface area contributed by atoms with Crippen LogP contribution in [0.3, 0.4) is 0 Å². The lowest BCUT2D eigenvalue weighted by atomic mass is 9.78. The van der Waals surface area contributed by atoms with Gasteiger partial charge in [0.05, 0.1) is 11.2 Å². The van der Waals surface area contributed by atoms with Gasteiger partial charge in [-0.05, 0) is 52.3 Å². The highest BCUT2D eigenvalue weighted by Crippen LogP contribution is 2.46. The molecule has 110 valence electrons. The summed E-state index contributed by atoms with van der Waals surface area (Å²) in [4.78, 5) is 12.2. The molecule has 20 heavy (non-hydrogen) atoms. The molecule has 0 bridgehead atoms. The summed E-state index contributed by atoms with van der Waals surface area (Å²) >= 11 is 0. The predicted molar refractivity (Wildman–Crippen MR) is 80.6 cm³/mol. The minimum Gasteiger partial charge on any atom is -0.369 e. The molecule has 0 aromatic heterocycles. The summed E-state index contributed by atoms with van der Waals surface area (Å²) in [6.45, 7) is 9.81. The summed E-state index contributed by atoms with van der Waals surface area (Å²) in [6.07, 6.45) is 0.538. The number of ether oxygens (including phenoxy) is 1. The molecule has 1 atom stereocenters. The molecule has 1 fully saturated rings. The number of anilines is 1. The second-order valence-corrected chi connectivity index (χ2v) is 6.81. The van der Waals surface area contributed by atoms with E-state index in [-0.39, 0.29) is 5.91 Å². The molecular formula is C16H24N2O2. The zero-order chi connectivity index (χ0) is 15.2. The second-order valence-electron chi connectivity index (χ2n) is 6.81. The van der Waals surface area contributed by atoms with Crippen LogP contribution in [-0.2, 0) is 9.53 Å². The molecule has 0 radical (unpaired) electrons. The van der Waals surface area contributed by atoms with Crippen LogP contribution in [0.2, 0.25) is 0 Å². The predicted octanol–water partition coefficient (Wildman–Crippen LogP) is 2.61. The van der Waals surface area contributed by atoms with E-state index in [0.717, 1.165) is 11.3 Å². The Balaban J connectivity index is 2.44. The van der Waals surface area contributed by atoms with Crippen LogP contribution in [0.25, 0.3) is 0 Å². The van der Waals surface area contributed by atoms with Crippen LogP contribution in [0.15, 0.2) is 24.3 Å². The van der Waals surface area contributed by atoms with Crippen LogP contribution in [0.4, 0.5) is 5.69 Å². The Labute approximate surface area is 120 Å². The van der Waals surface area contributed by atoms with E-state index in [1.807, 2.05) is 58.9 Å². The molecule has 1 saturated heterocycles. The highest BCUT2D eigenvalue weighted by Gasteiger charge is 2.61. The summed E-state index contributed by atoms with van der Waals surface area (Å²) in [5.41, 5.74) is 5.77. The first kappa shape index (κ1) is 14.9. The number of amides is 1. The Kier molecular flexibility index (Phi) is 3.33. The van der Waals surface area contributed by atoms with Gasteiger partial charge in [0.15, 0.2) is 0 Å². The minimum atomic E-state index is -0.912. The molecule has 1 aromatic carbocycles. The molecule has 1 heterocycles. The highest BCUT2D eigenvalue weighted by molar-refractivity contribution is 5.90. The Hall–Kier alpha value is -1.55. The Morgan fingerprint density at radius 3 is 2.40 bits per heavy atom. The summed E-state index contributed by atoms with van der Waals surface area (Å²) in [5, 5.41) is 3.34. The van der Waals surface area contributed by atoms with Gasteiger partial charge in [0.25, 0.3) is 0 Å². The summed E-state index contributed by atoms with van der Waals surface area (Å²) in [7, 11) is 0. The van der Waals surface area contributed by atoms with E-state index in [1.165, 1.54) is 0 Å². The third-order valence-corrected chi connectivity index (χ3v) is 4.05. The molecule has 1 aliphatic rings. The van der Waals surface area contributed by atoms with Gasteiger partial charge in [0, 0.05) is 12.1 Å². The fourth-order valence-corrected chi connectivity index (χ4v) is 3.27. The first-order chi connectivity index (χ1) is 9.08. The number of rotatable bonds is 3. The normalized spacial score (nSPS) is 27.2. The number of primary amides is 1. The second kappa shape index (κ2) is 4.48. The van der Waals surface area contributed by atoms with Crippen LogP contribution in [0.5, 0.6) is 0 Å². The number of carbonyl (C=O) groups excluding carboxylic acids is 1. The number of nitrogens with one attached hydrogen (secondary N) is 1. The molecule has 0 aliphatic carbocycles. The van der Waals surface area contributed by atoms with E-state index in [2.05, 4.69) is 5.32 Å². The molecule has 1 amide bonds. The number of carbonyl (C=O) groups is 1. The fraction of sp³-hybridized carbons (Fsp3) is 0.562. The van der Waals surface area contributed by atoms with Crippen LogP contribution < -0.4 is 11.1 Å². The van der Waals surface area contributed by atoms with Gasteiger partial charge < -0.3 is 15.8 Å². The van der Waals surface area contributed by atoms with Gasteiger partial charge in [-0.15, -0.1) is 0 Å². The van der Waals surface area contributed by atoms with Crippen LogP contribution in [0, 0.1) is 6.92 Å². The largest absolute Gasteiger partial charge is 0.369 e. The quantitative estimate of drug-likeness (QED) is 0.892. The zero-order valence-electron chi connectivity index (χ0n) is 12.9. The standard InChI is InChI=1S/C16H24N2O2/c1-11-7-6-8-12(9-11)18-16(13(17)19)10-14(2,3)20-15(16,4)5/h6-9,18H,10H2,1-5H3,(H2,17,19). The van der Waals surface area contributed by atoms with Gasteiger partial charge >= 0.3 is 0 Å². The molecule has 3 N–H and O–H groups in total. The topological polar surface area (TPSA) is 64.3 Å². The maximum Gasteiger partial charge on any atom is 0.246 e. The maximum atomic E-state index is 12.2. The minimum absolute atomic E-state index is 0.380. The van der Waals surface area contributed by atoms with Gasteiger partial charge in [0.1, 0.15) is 5.54 Å². The van der Waals surface area contributed by atoms with Crippen LogP contribution >= 0.6 is 0 Å². The van der Waals surface area contributed by atoms with Crippen LogP contribution in [-0.4, -0.2) is 22.6 Å². The highest BCUT2D eigenvalue weighted by atomic mass is 16.5. The van der Waals surface area contributed by atoms with Crippen molar-refractivity contribution in [2.45, 2.75) is 57.8 Å². The Bertz CT molecular complexity index is 537. The van der Waals surface area contributed by atoms with Gasteiger partial charge in [-0.1, -0.05) is 12.1 Å². The number of aryl methyl sites for hydroxylation is 1. The zero-order valence-corrected chi connectivity index (χ0v) is 12.9. The van der Waals surface area contributed by atoms with Crippen molar-refractivity contribution >= 4 is 11.6 Å². The summed E-state index contributed by atoms with van der Waals surface area (Å²) < 4.78 is 6.05. The van der Waals surface area contributed by atoms with E-state index >= 15 is 0 Å². The third kappa shape index (κ3) is 2.40. The lowest BCUT2D eigenvalue weighted by Crippen LogP contribution is -2.61. The average molecular weight is 276 g/mol. The van der Waals surface area contributed by atoms with E-state index < -0.39 is 16.7 Å². The smallest absolute Gasteiger partial charge is 0.246 e. The molecule has 1 unspecified atom stereocenters. The van der Waals surface area contributed by atoms with E-state index in [9.17, 15) is 4.79 Å². The van der Waals surface area contributed by atoms with Crippen molar-refractivity contribution < 1.29 is 9.53 Å². The van der Waals surface area contributed by atoms with Crippen molar-refractivity contribution in [3.05, 3.63) is 29.8 Å². The molecule has 0 spiro atoms. The SMILES string of the molecule is Cc1cccc(NC2(C(N)=O)CC(C)(C)OC2(C)C)c1. The van der Waals surface area contributed by atoms with Gasteiger partial charge in [0.2, 0.25) is 5.91 Å². The number of nitrogens with two attached hydrogens (primary N) is 1. The van der Waals surface area contributed by atoms with E-state index in [4.69, 9.17) is 10.5 Å². The molecule has 0 saturated carbocycles. The molecular weight excluding hydrogens is 252 g/mol. The fourth-order valence-electron chi connectivity index (χ4n) is 3.27. The number of benzene rings is 1. The van der Waals surface area contributed by atoms with Crippen molar-refractivity contribution in [2.75, 3.05) is 5.32 Å². The van der Waals surface area contributed by atoms with E-state index in [1.54, 1.807) is 0 Å². The molecule has 4 nitrogen and oxygen atoms in total. The molecule has 4 heteroatoms. The van der Waals surface area contributed by atoms with Gasteiger partial charge in [-0.3, -0.25) is 4.79 Å². The summed E-state index contributed by atoms with van der Waals surface area (Å²) in [6, 6.07) is 7.92. The van der Waals surface area contributed by atoms with Crippen LogP contribution in [0.1, 0.15) is 39.7 Å². The summed E-state index contributed by atoms with van der Waals surface area (Å²) in [5.74, 6) is -0.380. The van der Waals surface area contributed by atoms with Crippen molar-refractivity contribution in [1.82, 2.24) is 0 Å². The van der Waals surface area contributed by atoms with Crippen molar-refractivity contribution in [1.29, 1.82) is 0 Å². The molecule has 1 aromatic rings. The Morgan fingerprint density at radius 2 is 1.95 bits per heavy atom. The molecule has 1 aliphatic heterocycles. The lowest BCUT2D eigenvalue weighted by molar-refractivity contribution is -0.129. The monoisotopic (exact) mass is 276 g/mol. The maximum absolute atomic E-state index is 12.2. The third-order valence-electron chi connectivity index (χ3n) is 4.05. The number of hydrogen-bond acceptors (Lipinski definition) is 3. The number of hydrogen-bond donors (Lipinski definition) is 2. The van der Waals surface area contributed by atoms with Crippen molar-refractivity contribution in [3.8, 4) is 0 Å². The van der Waals surface area contributed by atoms with E-state index in [0.29, 0.717) is 6.42 Å². The lowest BCUT2D eigenvalue weighted by Gasteiger charge is -2.38. The van der Waals surface area contributed by atoms with Gasteiger partial charge in [-0.2, -0.15) is 0 Å². The van der Waals surface area contributed by atoms with Crippen molar-refractivity contribution in [3.63, 3.8) is 0 Å². The van der Waals surface area contributed by atoms with Crippen molar-refractivity contribution in [2.24, 2.45) is 5.73 Å².